The summed E-state index contributed by atoms with van der Waals surface area (Å²) in [7, 11) is 0. The number of amides is 2. The van der Waals surface area contributed by atoms with E-state index in [-0.39, 0.29) is 18.6 Å². The number of fused-ring (bicyclic) bond motifs is 1. The second kappa shape index (κ2) is 8.36. The summed E-state index contributed by atoms with van der Waals surface area (Å²) in [6.45, 7) is 3.17. The molecule has 3 aromatic rings. The van der Waals surface area contributed by atoms with Crippen molar-refractivity contribution in [3.05, 3.63) is 76.0 Å². The molecule has 0 radical (unpaired) electrons. The molecule has 0 saturated carbocycles. The maximum Gasteiger partial charge on any atom is 0.265 e. The third-order valence-corrected chi connectivity index (χ3v) is 5.46. The zero-order valence-electron chi connectivity index (χ0n) is 15.9. The van der Waals surface area contributed by atoms with Gasteiger partial charge in [0.2, 0.25) is 6.79 Å². The Labute approximate surface area is 172 Å². The number of nitrogens with one attached hydrogen (secondary N) is 1. The van der Waals surface area contributed by atoms with E-state index in [1.54, 1.807) is 35.2 Å². The van der Waals surface area contributed by atoms with Crippen molar-refractivity contribution in [1.82, 2.24) is 4.90 Å². The molecular weight excluding hydrogens is 388 g/mol. The molecule has 0 bridgehead atoms. The molecule has 2 amide bonds. The van der Waals surface area contributed by atoms with E-state index in [2.05, 4.69) is 5.32 Å². The average Bonchev–Trinajstić information content (AvgIpc) is 3.43. The van der Waals surface area contributed by atoms with E-state index in [9.17, 15) is 9.59 Å². The minimum Gasteiger partial charge on any atom is -0.454 e. The van der Waals surface area contributed by atoms with E-state index in [4.69, 9.17) is 9.47 Å². The lowest BCUT2D eigenvalue weighted by molar-refractivity contribution is 0.0752. The van der Waals surface area contributed by atoms with E-state index in [1.807, 2.05) is 36.6 Å². The Bertz CT molecular complexity index is 1030. The fourth-order valence-corrected chi connectivity index (χ4v) is 3.72. The first-order chi connectivity index (χ1) is 14.1. The molecule has 2 heterocycles. The van der Waals surface area contributed by atoms with E-state index in [0.717, 1.165) is 11.3 Å². The maximum absolute atomic E-state index is 13.0. The highest BCUT2D eigenvalue weighted by Crippen LogP contribution is 2.33. The van der Waals surface area contributed by atoms with Crippen LogP contribution in [0.15, 0.2) is 60.0 Å². The first-order valence-electron chi connectivity index (χ1n) is 9.27. The Balaban J connectivity index is 1.48. The molecule has 1 aliphatic heterocycles. The molecule has 0 atom stereocenters. The molecule has 7 heteroatoms. The summed E-state index contributed by atoms with van der Waals surface area (Å²) in [5.41, 5.74) is 2.08. The summed E-state index contributed by atoms with van der Waals surface area (Å²) in [4.78, 5) is 27.7. The van der Waals surface area contributed by atoms with Crippen molar-refractivity contribution in [2.24, 2.45) is 0 Å². The smallest absolute Gasteiger partial charge is 0.265 e. The van der Waals surface area contributed by atoms with Gasteiger partial charge < -0.3 is 19.7 Å². The Kier molecular flexibility index (Phi) is 5.48. The number of benzene rings is 2. The van der Waals surface area contributed by atoms with Crippen molar-refractivity contribution in [3.8, 4) is 11.5 Å². The Morgan fingerprint density at radius 2 is 1.93 bits per heavy atom. The van der Waals surface area contributed by atoms with Gasteiger partial charge in [-0.15, -0.1) is 11.3 Å². The third kappa shape index (κ3) is 4.25. The lowest BCUT2D eigenvalue weighted by Gasteiger charge is -2.21. The van der Waals surface area contributed by atoms with Crippen LogP contribution < -0.4 is 14.8 Å². The lowest BCUT2D eigenvalue weighted by atomic mass is 10.1. The normalized spacial score (nSPS) is 11.9. The van der Waals surface area contributed by atoms with E-state index in [0.29, 0.717) is 35.0 Å². The van der Waals surface area contributed by atoms with Gasteiger partial charge in [0.05, 0.1) is 4.88 Å². The second-order valence-corrected chi connectivity index (χ2v) is 7.47. The standard InChI is InChI=1S/C22H20N2O4S/c1-2-24(13-15-8-9-18-19(11-15)28-14-27-18)22(26)16-5-3-6-17(12-16)23-21(25)20-7-4-10-29-20/h3-12H,2,13-14H2,1H3,(H,23,25). The first kappa shape index (κ1) is 19.0. The molecule has 6 nitrogen and oxygen atoms in total. The Morgan fingerprint density at radius 3 is 2.72 bits per heavy atom. The topological polar surface area (TPSA) is 67.9 Å². The number of anilines is 1. The van der Waals surface area contributed by atoms with Crippen molar-refractivity contribution in [2.45, 2.75) is 13.5 Å². The largest absolute Gasteiger partial charge is 0.454 e. The van der Waals surface area contributed by atoms with Crippen molar-refractivity contribution >= 4 is 28.8 Å². The van der Waals surface area contributed by atoms with Crippen molar-refractivity contribution in [3.63, 3.8) is 0 Å². The lowest BCUT2D eigenvalue weighted by Crippen LogP contribution is -2.30. The highest BCUT2D eigenvalue weighted by Gasteiger charge is 2.18. The third-order valence-electron chi connectivity index (χ3n) is 4.59. The van der Waals surface area contributed by atoms with Crippen molar-refractivity contribution < 1.29 is 19.1 Å². The van der Waals surface area contributed by atoms with Gasteiger partial charge in [-0.05, 0) is 54.3 Å². The molecule has 29 heavy (non-hydrogen) atoms. The summed E-state index contributed by atoms with van der Waals surface area (Å²) < 4.78 is 10.8. The summed E-state index contributed by atoms with van der Waals surface area (Å²) >= 11 is 1.37. The summed E-state index contributed by atoms with van der Waals surface area (Å²) in [5, 5.41) is 4.70. The van der Waals surface area contributed by atoms with Gasteiger partial charge in [-0.25, -0.2) is 0 Å². The number of carbonyl (C=O) groups excluding carboxylic acids is 2. The molecule has 0 unspecified atom stereocenters. The van der Waals surface area contributed by atoms with E-state index < -0.39 is 0 Å². The summed E-state index contributed by atoms with van der Waals surface area (Å²) in [5.74, 6) is 1.14. The van der Waals surface area contributed by atoms with Gasteiger partial charge in [-0.2, -0.15) is 0 Å². The minimum atomic E-state index is -0.183. The van der Waals surface area contributed by atoms with Crippen LogP contribution in [0.5, 0.6) is 11.5 Å². The fourth-order valence-electron chi connectivity index (χ4n) is 3.10. The van der Waals surface area contributed by atoms with Crippen LogP contribution in [-0.4, -0.2) is 30.1 Å². The van der Waals surface area contributed by atoms with Gasteiger partial charge in [-0.1, -0.05) is 18.2 Å². The molecule has 0 spiro atoms. The number of rotatable bonds is 6. The quantitative estimate of drug-likeness (QED) is 0.657. The molecule has 0 saturated heterocycles. The molecule has 148 valence electrons. The predicted octanol–water partition coefficient (Wildman–Crippen LogP) is 4.39. The zero-order chi connectivity index (χ0) is 20.2. The molecule has 1 aliphatic rings. The van der Waals surface area contributed by atoms with Gasteiger partial charge in [-0.3, -0.25) is 9.59 Å². The van der Waals surface area contributed by atoms with E-state index >= 15 is 0 Å². The van der Waals surface area contributed by atoms with Gasteiger partial charge in [0, 0.05) is 24.3 Å². The second-order valence-electron chi connectivity index (χ2n) is 6.52. The van der Waals surface area contributed by atoms with Crippen LogP contribution in [0.3, 0.4) is 0 Å². The molecule has 0 fully saturated rings. The van der Waals surface area contributed by atoms with E-state index in [1.165, 1.54) is 11.3 Å². The van der Waals surface area contributed by atoms with Crippen LogP contribution in [0.25, 0.3) is 0 Å². The summed E-state index contributed by atoms with van der Waals surface area (Å²) in [6, 6.07) is 16.3. The van der Waals surface area contributed by atoms with Crippen molar-refractivity contribution in [1.29, 1.82) is 0 Å². The van der Waals surface area contributed by atoms with Crippen LogP contribution in [-0.2, 0) is 6.54 Å². The van der Waals surface area contributed by atoms with Gasteiger partial charge in [0.1, 0.15) is 0 Å². The molecular formula is C22H20N2O4S. The maximum atomic E-state index is 13.0. The first-order valence-corrected chi connectivity index (χ1v) is 10.1. The minimum absolute atomic E-state index is 0.0996. The molecule has 4 rings (SSSR count). The number of thiophene rings is 1. The van der Waals surface area contributed by atoms with Crippen LogP contribution in [0, 0.1) is 0 Å². The number of ether oxygens (including phenoxy) is 2. The number of nitrogens with zero attached hydrogens (tertiary/aromatic N) is 1. The average molecular weight is 408 g/mol. The Morgan fingerprint density at radius 1 is 1.07 bits per heavy atom. The van der Waals surface area contributed by atoms with Gasteiger partial charge in [0.25, 0.3) is 11.8 Å². The summed E-state index contributed by atoms with van der Waals surface area (Å²) in [6.07, 6.45) is 0. The van der Waals surface area contributed by atoms with Crippen LogP contribution >= 0.6 is 11.3 Å². The zero-order valence-corrected chi connectivity index (χ0v) is 16.7. The van der Waals surface area contributed by atoms with Gasteiger partial charge in [0.15, 0.2) is 11.5 Å². The predicted molar refractivity (Wildman–Crippen MR) is 112 cm³/mol. The van der Waals surface area contributed by atoms with Gasteiger partial charge >= 0.3 is 0 Å². The fraction of sp³-hybridized carbons (Fsp3) is 0.182. The monoisotopic (exact) mass is 408 g/mol. The highest BCUT2D eigenvalue weighted by atomic mass is 32.1. The molecule has 1 N–H and O–H groups in total. The number of hydrogen-bond donors (Lipinski definition) is 1. The van der Waals surface area contributed by atoms with Crippen molar-refractivity contribution in [2.75, 3.05) is 18.7 Å². The van der Waals surface area contributed by atoms with Crippen LogP contribution in [0.1, 0.15) is 32.5 Å². The number of carbonyl (C=O) groups is 2. The highest BCUT2D eigenvalue weighted by molar-refractivity contribution is 7.12. The van der Waals surface area contributed by atoms with Crippen LogP contribution in [0.4, 0.5) is 5.69 Å². The molecule has 0 aliphatic carbocycles. The van der Waals surface area contributed by atoms with Crippen LogP contribution in [0.2, 0.25) is 0 Å². The Hall–Kier alpha value is -3.32. The number of hydrogen-bond acceptors (Lipinski definition) is 5. The molecule has 1 aromatic heterocycles. The molecule has 2 aromatic carbocycles. The SMILES string of the molecule is CCN(Cc1ccc2c(c1)OCO2)C(=O)c1cccc(NC(=O)c2cccs2)c1.